The summed E-state index contributed by atoms with van der Waals surface area (Å²) >= 11 is 0. The van der Waals surface area contributed by atoms with Crippen molar-refractivity contribution in [2.75, 3.05) is 5.32 Å². The molecule has 1 aromatic carbocycles. The van der Waals surface area contributed by atoms with Gasteiger partial charge < -0.3 is 10.4 Å². The lowest BCUT2D eigenvalue weighted by atomic mass is 10.2. The molecule has 0 aliphatic heterocycles. The lowest BCUT2D eigenvalue weighted by Crippen LogP contribution is -2.05. The smallest absolute Gasteiger partial charge is 0.125 e. The van der Waals surface area contributed by atoms with Crippen LogP contribution in [-0.4, -0.2) is 15.1 Å². The number of aromatic nitrogens is 2. The molecule has 2 N–H and O–H groups in total. The SMILES string of the molecule is Cc1nccc(CNc2ccccc2CO)n1. The molecule has 0 amide bonds. The molecule has 0 aliphatic rings. The fourth-order valence-electron chi connectivity index (χ4n) is 1.62. The molecular formula is C13H15N3O. The van der Waals surface area contributed by atoms with Crippen LogP contribution in [0.3, 0.4) is 0 Å². The van der Waals surface area contributed by atoms with E-state index in [1.54, 1.807) is 6.20 Å². The van der Waals surface area contributed by atoms with Crippen LogP contribution in [-0.2, 0) is 13.2 Å². The van der Waals surface area contributed by atoms with E-state index in [1.165, 1.54) is 0 Å². The Kier molecular flexibility index (Phi) is 3.67. The van der Waals surface area contributed by atoms with Gasteiger partial charge in [0.05, 0.1) is 18.8 Å². The molecular weight excluding hydrogens is 214 g/mol. The summed E-state index contributed by atoms with van der Waals surface area (Å²) in [6, 6.07) is 9.56. The number of hydrogen-bond acceptors (Lipinski definition) is 4. The van der Waals surface area contributed by atoms with Crippen LogP contribution in [0.4, 0.5) is 5.69 Å². The Bertz CT molecular complexity index is 500. The van der Waals surface area contributed by atoms with Crippen molar-refractivity contribution in [3.8, 4) is 0 Å². The molecule has 0 fully saturated rings. The highest BCUT2D eigenvalue weighted by atomic mass is 16.3. The molecule has 0 atom stereocenters. The van der Waals surface area contributed by atoms with E-state index in [0.717, 1.165) is 22.8 Å². The number of benzene rings is 1. The summed E-state index contributed by atoms with van der Waals surface area (Å²) in [5, 5.41) is 12.5. The first-order valence-corrected chi connectivity index (χ1v) is 5.51. The summed E-state index contributed by atoms with van der Waals surface area (Å²) in [6.07, 6.45) is 1.75. The molecule has 17 heavy (non-hydrogen) atoms. The molecule has 88 valence electrons. The van der Waals surface area contributed by atoms with Crippen molar-refractivity contribution < 1.29 is 5.11 Å². The van der Waals surface area contributed by atoms with Gasteiger partial charge in [0, 0.05) is 17.4 Å². The fourth-order valence-corrected chi connectivity index (χ4v) is 1.62. The number of rotatable bonds is 4. The average molecular weight is 229 g/mol. The predicted octanol–water partition coefficient (Wildman–Crippen LogP) is 1.89. The van der Waals surface area contributed by atoms with E-state index in [0.29, 0.717) is 6.54 Å². The van der Waals surface area contributed by atoms with Gasteiger partial charge in [-0.25, -0.2) is 9.97 Å². The van der Waals surface area contributed by atoms with E-state index in [1.807, 2.05) is 37.3 Å². The van der Waals surface area contributed by atoms with Gasteiger partial charge in [-0.2, -0.15) is 0 Å². The van der Waals surface area contributed by atoms with Gasteiger partial charge >= 0.3 is 0 Å². The molecule has 1 heterocycles. The van der Waals surface area contributed by atoms with Crippen LogP contribution in [0.25, 0.3) is 0 Å². The van der Waals surface area contributed by atoms with Gasteiger partial charge in [0.1, 0.15) is 5.82 Å². The quantitative estimate of drug-likeness (QED) is 0.840. The third-order valence-electron chi connectivity index (χ3n) is 2.48. The summed E-state index contributed by atoms with van der Waals surface area (Å²) in [5.41, 5.74) is 2.76. The Hall–Kier alpha value is -1.94. The highest BCUT2D eigenvalue weighted by molar-refractivity contribution is 5.50. The lowest BCUT2D eigenvalue weighted by Gasteiger charge is -2.09. The molecule has 0 saturated carbocycles. The number of nitrogens with one attached hydrogen (secondary N) is 1. The predicted molar refractivity (Wildman–Crippen MR) is 66.5 cm³/mol. The third-order valence-corrected chi connectivity index (χ3v) is 2.48. The summed E-state index contributed by atoms with van der Waals surface area (Å²) in [4.78, 5) is 8.36. The van der Waals surface area contributed by atoms with E-state index in [4.69, 9.17) is 0 Å². The van der Waals surface area contributed by atoms with E-state index < -0.39 is 0 Å². The van der Waals surface area contributed by atoms with Crippen LogP contribution >= 0.6 is 0 Å². The van der Waals surface area contributed by atoms with Crippen molar-refractivity contribution >= 4 is 5.69 Å². The van der Waals surface area contributed by atoms with Crippen LogP contribution in [0.5, 0.6) is 0 Å². The summed E-state index contributed by atoms with van der Waals surface area (Å²) in [7, 11) is 0. The molecule has 1 aromatic heterocycles. The molecule has 4 nitrogen and oxygen atoms in total. The van der Waals surface area contributed by atoms with Crippen LogP contribution in [0, 0.1) is 6.92 Å². The second-order valence-electron chi connectivity index (χ2n) is 3.76. The highest BCUT2D eigenvalue weighted by Gasteiger charge is 2.00. The minimum atomic E-state index is 0.0337. The first-order valence-electron chi connectivity index (χ1n) is 5.51. The Labute approximate surface area is 100 Å². The third kappa shape index (κ3) is 3.01. The van der Waals surface area contributed by atoms with Crippen LogP contribution in [0.1, 0.15) is 17.1 Å². The van der Waals surface area contributed by atoms with Crippen molar-refractivity contribution in [3.63, 3.8) is 0 Å². The zero-order valence-electron chi connectivity index (χ0n) is 9.72. The first kappa shape index (κ1) is 11.5. The number of para-hydroxylation sites is 1. The average Bonchev–Trinajstić information content (AvgIpc) is 2.37. The standard InChI is InChI=1S/C13H15N3O/c1-10-14-7-6-12(16-10)8-15-13-5-3-2-4-11(13)9-17/h2-7,15,17H,8-9H2,1H3. The Morgan fingerprint density at radius 3 is 2.82 bits per heavy atom. The number of aryl methyl sites for hydroxylation is 1. The molecule has 0 unspecified atom stereocenters. The van der Waals surface area contributed by atoms with Gasteiger partial charge in [0.25, 0.3) is 0 Å². The lowest BCUT2D eigenvalue weighted by molar-refractivity contribution is 0.282. The summed E-state index contributed by atoms with van der Waals surface area (Å²) < 4.78 is 0. The van der Waals surface area contributed by atoms with E-state index >= 15 is 0 Å². The highest BCUT2D eigenvalue weighted by Crippen LogP contribution is 2.15. The summed E-state index contributed by atoms with van der Waals surface area (Å²) in [5.74, 6) is 0.764. The Balaban J connectivity index is 2.07. The van der Waals surface area contributed by atoms with E-state index in [2.05, 4.69) is 15.3 Å². The number of aliphatic hydroxyl groups excluding tert-OH is 1. The van der Waals surface area contributed by atoms with Crippen LogP contribution < -0.4 is 5.32 Å². The number of nitrogens with zero attached hydrogens (tertiary/aromatic N) is 2. The van der Waals surface area contributed by atoms with Gasteiger partial charge in [-0.1, -0.05) is 18.2 Å². The van der Waals surface area contributed by atoms with Crippen molar-refractivity contribution in [1.29, 1.82) is 0 Å². The van der Waals surface area contributed by atoms with Gasteiger partial charge in [-0.3, -0.25) is 0 Å². The topological polar surface area (TPSA) is 58.0 Å². The van der Waals surface area contributed by atoms with E-state index in [-0.39, 0.29) is 6.61 Å². The van der Waals surface area contributed by atoms with Crippen molar-refractivity contribution in [2.24, 2.45) is 0 Å². The molecule has 0 saturated heterocycles. The normalized spacial score (nSPS) is 10.2. The maximum Gasteiger partial charge on any atom is 0.125 e. The van der Waals surface area contributed by atoms with E-state index in [9.17, 15) is 5.11 Å². The maximum absolute atomic E-state index is 9.19. The van der Waals surface area contributed by atoms with Crippen molar-refractivity contribution in [1.82, 2.24) is 9.97 Å². The molecule has 0 bridgehead atoms. The second kappa shape index (κ2) is 5.41. The van der Waals surface area contributed by atoms with Gasteiger partial charge in [0.2, 0.25) is 0 Å². The second-order valence-corrected chi connectivity index (χ2v) is 3.76. The Morgan fingerprint density at radius 1 is 1.24 bits per heavy atom. The van der Waals surface area contributed by atoms with Crippen LogP contribution in [0.2, 0.25) is 0 Å². The largest absolute Gasteiger partial charge is 0.392 e. The fraction of sp³-hybridized carbons (Fsp3) is 0.231. The first-order chi connectivity index (χ1) is 8.29. The maximum atomic E-state index is 9.19. The zero-order chi connectivity index (χ0) is 12.1. The summed E-state index contributed by atoms with van der Waals surface area (Å²) in [6.45, 7) is 2.53. The molecule has 0 aliphatic carbocycles. The zero-order valence-corrected chi connectivity index (χ0v) is 9.72. The van der Waals surface area contributed by atoms with Crippen molar-refractivity contribution in [2.45, 2.75) is 20.1 Å². The number of anilines is 1. The minimum Gasteiger partial charge on any atom is -0.392 e. The Morgan fingerprint density at radius 2 is 2.06 bits per heavy atom. The van der Waals surface area contributed by atoms with Gasteiger partial charge in [0.15, 0.2) is 0 Å². The number of hydrogen-bond donors (Lipinski definition) is 2. The molecule has 2 rings (SSSR count). The number of aliphatic hydroxyl groups is 1. The van der Waals surface area contributed by atoms with Crippen LogP contribution in [0.15, 0.2) is 36.5 Å². The monoisotopic (exact) mass is 229 g/mol. The minimum absolute atomic E-state index is 0.0337. The van der Waals surface area contributed by atoms with Gasteiger partial charge in [-0.05, 0) is 19.1 Å². The molecule has 0 radical (unpaired) electrons. The van der Waals surface area contributed by atoms with Crippen molar-refractivity contribution in [3.05, 3.63) is 53.6 Å². The molecule has 2 aromatic rings. The molecule has 0 spiro atoms. The molecule has 4 heteroatoms. The van der Waals surface area contributed by atoms with Gasteiger partial charge in [-0.15, -0.1) is 0 Å².